The second-order valence-corrected chi connectivity index (χ2v) is 4.41. The summed E-state index contributed by atoms with van der Waals surface area (Å²) in [6.07, 6.45) is 1.34. The highest BCUT2D eigenvalue weighted by Gasteiger charge is 2.10. The van der Waals surface area contributed by atoms with Crippen molar-refractivity contribution in [3.63, 3.8) is 0 Å². The van der Waals surface area contributed by atoms with Crippen LogP contribution < -0.4 is 4.90 Å². The zero-order valence-corrected chi connectivity index (χ0v) is 10.8. The summed E-state index contributed by atoms with van der Waals surface area (Å²) in [6.45, 7) is 3.37. The smallest absolute Gasteiger partial charge is 0.147 e. The lowest BCUT2D eigenvalue weighted by Gasteiger charge is -2.23. The number of anilines is 1. The molecule has 1 aromatic carbocycles. The minimum atomic E-state index is -0.249. The number of nitrogens with zero attached hydrogens (tertiary/aromatic N) is 2. The zero-order valence-electron chi connectivity index (χ0n) is 9.21. The van der Waals surface area contributed by atoms with Crippen LogP contribution in [0.3, 0.4) is 0 Å². The van der Waals surface area contributed by atoms with Gasteiger partial charge in [0.2, 0.25) is 0 Å². The Hall–Kier alpha value is -1.08. The summed E-state index contributed by atoms with van der Waals surface area (Å²) in [5, 5.41) is 8.57. The van der Waals surface area contributed by atoms with Crippen LogP contribution in [0.25, 0.3) is 0 Å². The summed E-state index contributed by atoms with van der Waals surface area (Å²) in [6, 6.07) is 7.09. The quantitative estimate of drug-likeness (QED) is 0.824. The second-order valence-electron chi connectivity index (χ2n) is 3.49. The Labute approximate surface area is 104 Å². The van der Waals surface area contributed by atoms with Gasteiger partial charge in [-0.2, -0.15) is 5.26 Å². The molecular formula is C12H14BrFN2. The van der Waals surface area contributed by atoms with Crippen LogP contribution in [0.15, 0.2) is 22.7 Å². The first-order valence-corrected chi connectivity index (χ1v) is 6.05. The van der Waals surface area contributed by atoms with E-state index in [0.717, 1.165) is 17.4 Å². The number of hydrogen-bond donors (Lipinski definition) is 0. The van der Waals surface area contributed by atoms with E-state index in [0.29, 0.717) is 18.7 Å². The van der Waals surface area contributed by atoms with Gasteiger partial charge in [0.15, 0.2) is 0 Å². The van der Waals surface area contributed by atoms with E-state index in [2.05, 4.69) is 22.0 Å². The molecule has 2 nitrogen and oxygen atoms in total. The van der Waals surface area contributed by atoms with Crippen LogP contribution in [0.5, 0.6) is 0 Å². The maximum absolute atomic E-state index is 13.7. The van der Waals surface area contributed by atoms with Gasteiger partial charge in [0.05, 0.1) is 18.2 Å². The monoisotopic (exact) mass is 284 g/mol. The third kappa shape index (κ3) is 3.49. The van der Waals surface area contributed by atoms with Gasteiger partial charge in [-0.1, -0.05) is 22.9 Å². The molecule has 0 saturated carbocycles. The van der Waals surface area contributed by atoms with Gasteiger partial charge in [0, 0.05) is 17.6 Å². The van der Waals surface area contributed by atoms with E-state index >= 15 is 0 Å². The van der Waals surface area contributed by atoms with Crippen molar-refractivity contribution in [3.8, 4) is 6.07 Å². The van der Waals surface area contributed by atoms with Crippen LogP contribution in [0, 0.1) is 17.1 Å². The van der Waals surface area contributed by atoms with E-state index in [9.17, 15) is 4.39 Å². The van der Waals surface area contributed by atoms with Gasteiger partial charge in [-0.15, -0.1) is 0 Å². The average Bonchev–Trinajstić information content (AvgIpc) is 2.25. The molecule has 16 heavy (non-hydrogen) atoms. The largest absolute Gasteiger partial charge is 0.368 e. The average molecular weight is 285 g/mol. The Morgan fingerprint density at radius 3 is 2.75 bits per heavy atom. The summed E-state index contributed by atoms with van der Waals surface area (Å²) >= 11 is 3.23. The molecule has 0 unspecified atom stereocenters. The topological polar surface area (TPSA) is 27.0 Å². The second kappa shape index (κ2) is 6.49. The first kappa shape index (κ1) is 13.0. The molecule has 0 radical (unpaired) electrons. The lowest BCUT2D eigenvalue weighted by atomic mass is 10.2. The van der Waals surface area contributed by atoms with Crippen molar-refractivity contribution in [1.29, 1.82) is 5.26 Å². The summed E-state index contributed by atoms with van der Waals surface area (Å²) in [7, 11) is 0. The van der Waals surface area contributed by atoms with Crippen LogP contribution >= 0.6 is 15.9 Å². The Kier molecular flexibility index (Phi) is 5.27. The summed E-state index contributed by atoms with van der Waals surface area (Å²) in [5.74, 6) is -0.249. The predicted molar refractivity (Wildman–Crippen MR) is 66.8 cm³/mol. The Morgan fingerprint density at radius 1 is 1.44 bits per heavy atom. The van der Waals surface area contributed by atoms with Crippen LogP contribution in [0.2, 0.25) is 0 Å². The molecule has 0 amide bonds. The lowest BCUT2D eigenvalue weighted by Crippen LogP contribution is -2.26. The SMILES string of the molecule is CCCN(CCC#N)c1ccc(Br)cc1F. The summed E-state index contributed by atoms with van der Waals surface area (Å²) in [4.78, 5) is 1.91. The predicted octanol–water partition coefficient (Wildman–Crippen LogP) is 3.72. The third-order valence-electron chi connectivity index (χ3n) is 2.24. The maximum atomic E-state index is 13.7. The van der Waals surface area contributed by atoms with Crippen molar-refractivity contribution in [1.82, 2.24) is 0 Å². The zero-order chi connectivity index (χ0) is 12.0. The fourth-order valence-electron chi connectivity index (χ4n) is 1.55. The highest BCUT2D eigenvalue weighted by atomic mass is 79.9. The molecule has 0 fully saturated rings. The van der Waals surface area contributed by atoms with E-state index in [1.165, 1.54) is 6.07 Å². The Balaban J connectivity index is 2.87. The van der Waals surface area contributed by atoms with E-state index in [1.807, 2.05) is 17.9 Å². The lowest BCUT2D eigenvalue weighted by molar-refractivity contribution is 0.614. The van der Waals surface area contributed by atoms with Gasteiger partial charge in [0.1, 0.15) is 5.82 Å². The molecule has 86 valence electrons. The van der Waals surface area contributed by atoms with Crippen molar-refractivity contribution in [2.45, 2.75) is 19.8 Å². The van der Waals surface area contributed by atoms with Crippen molar-refractivity contribution in [3.05, 3.63) is 28.5 Å². The van der Waals surface area contributed by atoms with Crippen LogP contribution in [0.1, 0.15) is 19.8 Å². The molecule has 1 aromatic rings. The van der Waals surface area contributed by atoms with Gasteiger partial charge in [-0.05, 0) is 24.6 Å². The van der Waals surface area contributed by atoms with Gasteiger partial charge in [-0.25, -0.2) is 4.39 Å². The standard InChI is InChI=1S/C12H14BrFN2/c1-2-7-16(8-3-6-15)12-5-4-10(13)9-11(12)14/h4-5,9H,2-3,7-8H2,1H3. The summed E-state index contributed by atoms with van der Waals surface area (Å²) in [5.41, 5.74) is 0.570. The van der Waals surface area contributed by atoms with Crippen molar-refractivity contribution in [2.24, 2.45) is 0 Å². The van der Waals surface area contributed by atoms with Crippen molar-refractivity contribution < 1.29 is 4.39 Å². The minimum Gasteiger partial charge on any atom is -0.368 e. The number of benzene rings is 1. The van der Waals surface area contributed by atoms with Gasteiger partial charge in [-0.3, -0.25) is 0 Å². The van der Waals surface area contributed by atoms with Crippen LogP contribution in [-0.4, -0.2) is 13.1 Å². The molecule has 0 aromatic heterocycles. The fraction of sp³-hybridized carbons (Fsp3) is 0.417. The van der Waals surface area contributed by atoms with E-state index in [1.54, 1.807) is 6.07 Å². The van der Waals surface area contributed by atoms with E-state index in [-0.39, 0.29) is 5.82 Å². The Morgan fingerprint density at radius 2 is 2.19 bits per heavy atom. The molecule has 0 bridgehead atoms. The molecule has 1 rings (SSSR count). The molecule has 0 saturated heterocycles. The van der Waals surface area contributed by atoms with E-state index in [4.69, 9.17) is 5.26 Å². The molecule has 4 heteroatoms. The molecule has 0 heterocycles. The third-order valence-corrected chi connectivity index (χ3v) is 2.73. The van der Waals surface area contributed by atoms with Crippen molar-refractivity contribution >= 4 is 21.6 Å². The first-order valence-electron chi connectivity index (χ1n) is 5.26. The highest BCUT2D eigenvalue weighted by molar-refractivity contribution is 9.10. The number of hydrogen-bond acceptors (Lipinski definition) is 2. The normalized spacial score (nSPS) is 9.88. The minimum absolute atomic E-state index is 0.249. The van der Waals surface area contributed by atoms with Crippen LogP contribution in [0.4, 0.5) is 10.1 Å². The molecule has 0 N–H and O–H groups in total. The summed E-state index contributed by atoms with van der Waals surface area (Å²) < 4.78 is 14.4. The van der Waals surface area contributed by atoms with Crippen LogP contribution in [-0.2, 0) is 0 Å². The fourth-order valence-corrected chi connectivity index (χ4v) is 1.88. The van der Waals surface area contributed by atoms with Gasteiger partial charge < -0.3 is 4.90 Å². The molecule has 0 aliphatic heterocycles. The van der Waals surface area contributed by atoms with Gasteiger partial charge in [0.25, 0.3) is 0 Å². The molecule has 0 aliphatic carbocycles. The van der Waals surface area contributed by atoms with Crippen molar-refractivity contribution in [2.75, 3.05) is 18.0 Å². The maximum Gasteiger partial charge on any atom is 0.147 e. The molecular weight excluding hydrogens is 271 g/mol. The number of halogens is 2. The highest BCUT2D eigenvalue weighted by Crippen LogP contribution is 2.23. The van der Waals surface area contributed by atoms with E-state index < -0.39 is 0 Å². The first-order chi connectivity index (χ1) is 7.69. The molecule has 0 atom stereocenters. The van der Waals surface area contributed by atoms with Gasteiger partial charge >= 0.3 is 0 Å². The number of rotatable bonds is 5. The Bertz CT molecular complexity index is 387. The number of nitriles is 1. The molecule has 0 spiro atoms. The molecule has 0 aliphatic rings.